The van der Waals surface area contributed by atoms with E-state index < -0.39 is 4.92 Å². The smallest absolute Gasteiger partial charge is 0.269 e. The molecule has 3 aromatic rings. The maximum absolute atomic E-state index is 10.7. The first-order chi connectivity index (χ1) is 14.5. The van der Waals surface area contributed by atoms with Gasteiger partial charge in [0.05, 0.1) is 30.5 Å². The highest BCUT2D eigenvalue weighted by Gasteiger charge is 2.11. The lowest BCUT2D eigenvalue weighted by Crippen LogP contribution is -1.88. The number of nitro benzene ring substituents is 1. The highest BCUT2D eigenvalue weighted by molar-refractivity contribution is 5.66. The molecule has 3 rings (SSSR count). The summed E-state index contributed by atoms with van der Waals surface area (Å²) in [4.78, 5) is 10.3. The Labute approximate surface area is 172 Å². The summed E-state index contributed by atoms with van der Waals surface area (Å²) >= 11 is 0. The Balaban J connectivity index is 1.88. The average molecular weight is 405 g/mol. The summed E-state index contributed by atoms with van der Waals surface area (Å²) in [5.74, 6) is 0.878. The van der Waals surface area contributed by atoms with Crippen molar-refractivity contribution in [1.29, 1.82) is 0 Å². The van der Waals surface area contributed by atoms with Crippen molar-refractivity contribution in [2.75, 3.05) is 14.2 Å². The maximum atomic E-state index is 10.7. The second-order valence-electron chi connectivity index (χ2n) is 6.20. The van der Waals surface area contributed by atoms with E-state index in [9.17, 15) is 10.1 Å². The molecule has 0 bridgehead atoms. The van der Waals surface area contributed by atoms with Gasteiger partial charge in [-0.2, -0.15) is 10.2 Å². The molecule has 30 heavy (non-hydrogen) atoms. The van der Waals surface area contributed by atoms with Gasteiger partial charge in [-0.15, -0.1) is 10.2 Å². The number of benzene rings is 3. The fraction of sp³-hybridized carbons (Fsp3) is 0.143. The third-order valence-corrected chi connectivity index (χ3v) is 4.12. The van der Waals surface area contributed by atoms with E-state index in [-0.39, 0.29) is 5.69 Å². The van der Waals surface area contributed by atoms with Gasteiger partial charge in [-0.25, -0.2) is 0 Å². The van der Waals surface area contributed by atoms with Gasteiger partial charge in [0, 0.05) is 24.3 Å². The van der Waals surface area contributed by atoms with Crippen molar-refractivity contribution < 1.29 is 14.4 Å². The summed E-state index contributed by atoms with van der Waals surface area (Å²) in [6.07, 6.45) is 0. The van der Waals surface area contributed by atoms with Crippen LogP contribution in [0.3, 0.4) is 0 Å². The van der Waals surface area contributed by atoms with Crippen molar-refractivity contribution in [1.82, 2.24) is 0 Å². The van der Waals surface area contributed by atoms with Crippen LogP contribution < -0.4 is 9.47 Å². The van der Waals surface area contributed by atoms with Crippen LogP contribution in [0.5, 0.6) is 11.5 Å². The molecule has 0 aromatic heterocycles. The van der Waals surface area contributed by atoms with Gasteiger partial charge in [-0.1, -0.05) is 17.7 Å². The van der Waals surface area contributed by atoms with E-state index in [1.54, 1.807) is 12.1 Å². The SMILES string of the molecule is COc1cc(/N=N/c2ccc([N+](=O)[O-])cc2)c(OC)cc1/N=N/c1ccc(C)cc1. The van der Waals surface area contributed by atoms with Crippen molar-refractivity contribution in [3.8, 4) is 11.5 Å². The molecular weight excluding hydrogens is 386 g/mol. The minimum Gasteiger partial charge on any atom is -0.494 e. The summed E-state index contributed by atoms with van der Waals surface area (Å²) in [5, 5.41) is 27.5. The number of rotatable bonds is 7. The van der Waals surface area contributed by atoms with Crippen LogP contribution in [0.4, 0.5) is 28.4 Å². The van der Waals surface area contributed by atoms with Gasteiger partial charge < -0.3 is 9.47 Å². The van der Waals surface area contributed by atoms with Crippen molar-refractivity contribution in [3.63, 3.8) is 0 Å². The Kier molecular flexibility index (Phi) is 6.43. The number of hydrogen-bond donors (Lipinski definition) is 0. The minimum absolute atomic E-state index is 0.0171. The van der Waals surface area contributed by atoms with E-state index in [1.165, 1.54) is 38.5 Å². The van der Waals surface area contributed by atoms with Crippen LogP contribution in [0.25, 0.3) is 0 Å². The number of aryl methyl sites for hydroxylation is 1. The van der Waals surface area contributed by atoms with Crippen LogP contribution in [0, 0.1) is 17.0 Å². The molecule has 0 aliphatic heterocycles. The van der Waals surface area contributed by atoms with Crippen LogP contribution in [-0.2, 0) is 0 Å². The minimum atomic E-state index is -0.474. The van der Waals surface area contributed by atoms with Crippen LogP contribution in [0.15, 0.2) is 81.1 Å². The Hall–Kier alpha value is -4.14. The molecule has 0 fully saturated rings. The maximum Gasteiger partial charge on any atom is 0.269 e. The second kappa shape index (κ2) is 9.37. The molecule has 0 saturated carbocycles. The molecular formula is C21H19N5O4. The summed E-state index contributed by atoms with van der Waals surface area (Å²) < 4.78 is 10.8. The van der Waals surface area contributed by atoms with E-state index in [4.69, 9.17) is 9.47 Å². The fourth-order valence-corrected chi connectivity index (χ4v) is 2.50. The molecule has 9 nitrogen and oxygen atoms in total. The van der Waals surface area contributed by atoms with Crippen molar-refractivity contribution >= 4 is 28.4 Å². The molecule has 152 valence electrons. The van der Waals surface area contributed by atoms with Gasteiger partial charge in [-0.05, 0) is 31.2 Å². The molecule has 0 aliphatic rings. The lowest BCUT2D eigenvalue weighted by Gasteiger charge is -2.09. The molecule has 0 radical (unpaired) electrons. The van der Waals surface area contributed by atoms with Crippen molar-refractivity contribution in [3.05, 3.63) is 76.3 Å². The van der Waals surface area contributed by atoms with Gasteiger partial charge >= 0.3 is 0 Å². The lowest BCUT2D eigenvalue weighted by molar-refractivity contribution is -0.384. The summed E-state index contributed by atoms with van der Waals surface area (Å²) in [6, 6.07) is 16.7. The Morgan fingerprint density at radius 2 is 1.17 bits per heavy atom. The molecule has 9 heteroatoms. The number of ether oxygens (including phenoxy) is 2. The van der Waals surface area contributed by atoms with Crippen LogP contribution in [0.2, 0.25) is 0 Å². The molecule has 0 unspecified atom stereocenters. The zero-order chi connectivity index (χ0) is 21.5. The Morgan fingerprint density at radius 3 is 1.57 bits per heavy atom. The number of non-ortho nitro benzene ring substituents is 1. The highest BCUT2D eigenvalue weighted by Crippen LogP contribution is 2.41. The van der Waals surface area contributed by atoms with Gasteiger partial charge in [0.1, 0.15) is 22.9 Å². The molecule has 0 heterocycles. The first kappa shape index (κ1) is 20.6. The molecule has 0 spiro atoms. The molecule has 0 aliphatic carbocycles. The molecule has 0 N–H and O–H groups in total. The van der Waals surface area contributed by atoms with Gasteiger partial charge in [0.15, 0.2) is 0 Å². The summed E-state index contributed by atoms with van der Waals surface area (Å²) in [7, 11) is 3.03. The van der Waals surface area contributed by atoms with Crippen LogP contribution >= 0.6 is 0 Å². The molecule has 3 aromatic carbocycles. The van der Waals surface area contributed by atoms with Gasteiger partial charge in [0.25, 0.3) is 5.69 Å². The van der Waals surface area contributed by atoms with E-state index >= 15 is 0 Å². The predicted octanol–water partition coefficient (Wildman–Crippen LogP) is 6.75. The quantitative estimate of drug-likeness (QED) is 0.246. The van der Waals surface area contributed by atoms with E-state index in [0.29, 0.717) is 34.2 Å². The number of hydrogen-bond acceptors (Lipinski definition) is 8. The lowest BCUT2D eigenvalue weighted by atomic mass is 10.2. The second-order valence-corrected chi connectivity index (χ2v) is 6.20. The number of nitrogens with zero attached hydrogens (tertiary/aromatic N) is 5. The third-order valence-electron chi connectivity index (χ3n) is 4.12. The first-order valence-corrected chi connectivity index (χ1v) is 8.91. The van der Waals surface area contributed by atoms with Gasteiger partial charge in [-0.3, -0.25) is 10.1 Å². The fourth-order valence-electron chi connectivity index (χ4n) is 2.50. The number of nitro groups is 1. The summed E-state index contributed by atoms with van der Waals surface area (Å²) in [5.41, 5.74) is 3.19. The van der Waals surface area contributed by atoms with E-state index in [0.717, 1.165) is 5.56 Å². The first-order valence-electron chi connectivity index (χ1n) is 8.91. The number of methoxy groups -OCH3 is 2. The van der Waals surface area contributed by atoms with Crippen LogP contribution in [0.1, 0.15) is 5.56 Å². The zero-order valence-electron chi connectivity index (χ0n) is 16.6. The Morgan fingerprint density at radius 1 is 0.733 bits per heavy atom. The topological polar surface area (TPSA) is 111 Å². The van der Waals surface area contributed by atoms with Crippen molar-refractivity contribution in [2.24, 2.45) is 20.5 Å². The van der Waals surface area contributed by atoms with Crippen LogP contribution in [-0.4, -0.2) is 19.1 Å². The normalized spacial score (nSPS) is 11.2. The average Bonchev–Trinajstić information content (AvgIpc) is 2.77. The van der Waals surface area contributed by atoms with Gasteiger partial charge in [0.2, 0.25) is 0 Å². The largest absolute Gasteiger partial charge is 0.494 e. The standard InChI is InChI=1S/C21H19N5O4/c1-14-4-6-15(7-5-14)22-24-18-12-21(30-3)19(13-20(18)29-2)25-23-16-8-10-17(11-9-16)26(27)28/h4-13H,1-3H3/b24-22+,25-23+. The highest BCUT2D eigenvalue weighted by atomic mass is 16.6. The van der Waals surface area contributed by atoms with E-state index in [1.807, 2.05) is 31.2 Å². The Bertz CT molecular complexity index is 1090. The molecule has 0 amide bonds. The van der Waals surface area contributed by atoms with Crippen molar-refractivity contribution in [2.45, 2.75) is 6.92 Å². The summed E-state index contributed by atoms with van der Waals surface area (Å²) in [6.45, 7) is 2.00. The van der Waals surface area contributed by atoms with E-state index in [2.05, 4.69) is 20.5 Å². The predicted molar refractivity (Wildman–Crippen MR) is 112 cm³/mol. The molecule has 0 saturated heterocycles. The monoisotopic (exact) mass is 405 g/mol. The number of azo groups is 2. The third kappa shape index (κ3) is 5.02. The molecule has 0 atom stereocenters. The zero-order valence-corrected chi connectivity index (χ0v) is 16.6.